The number of nitrogens with zero attached hydrogens (tertiary/aromatic N) is 2. The molecule has 0 spiro atoms. The molecule has 0 atom stereocenters. The number of aromatic amines is 1. The topological polar surface area (TPSA) is 67.8 Å². The van der Waals surface area contributed by atoms with E-state index >= 15 is 0 Å². The zero-order valence-corrected chi connectivity index (χ0v) is 16.0. The summed E-state index contributed by atoms with van der Waals surface area (Å²) in [7, 11) is 0. The van der Waals surface area contributed by atoms with Crippen molar-refractivity contribution in [3.63, 3.8) is 0 Å². The summed E-state index contributed by atoms with van der Waals surface area (Å²) in [6, 6.07) is 9.84. The summed E-state index contributed by atoms with van der Waals surface area (Å²) in [5.41, 5.74) is -0.743. The van der Waals surface area contributed by atoms with Crippen LogP contribution >= 0.6 is 22.9 Å². The minimum Gasteiger partial charge on any atom is -0.308 e. The molecule has 3 aromatic heterocycles. The lowest BCUT2D eigenvalue weighted by Gasteiger charge is -2.11. The highest BCUT2D eigenvalue weighted by molar-refractivity contribution is 7.17. The monoisotopic (exact) mass is 437 g/mol. The maximum absolute atomic E-state index is 13.0. The van der Waals surface area contributed by atoms with Gasteiger partial charge in [0.2, 0.25) is 0 Å². The number of pyridine rings is 1. The highest BCUT2D eigenvalue weighted by Crippen LogP contribution is 2.31. The third kappa shape index (κ3) is 3.70. The van der Waals surface area contributed by atoms with E-state index in [0.717, 1.165) is 10.1 Å². The first-order chi connectivity index (χ1) is 13.7. The molecular formula is C19H11ClF3N3O2S. The number of benzene rings is 1. The second-order valence-electron chi connectivity index (χ2n) is 6.22. The molecule has 29 heavy (non-hydrogen) atoms. The fraction of sp³-hybridized carbons (Fsp3) is 0.105. The number of halogens is 4. The third-order valence-corrected chi connectivity index (χ3v) is 5.41. The summed E-state index contributed by atoms with van der Waals surface area (Å²) >= 11 is 6.90. The fourth-order valence-electron chi connectivity index (χ4n) is 2.93. The van der Waals surface area contributed by atoms with Crippen LogP contribution in [-0.4, -0.2) is 14.5 Å². The van der Waals surface area contributed by atoms with Crippen LogP contribution < -0.4 is 11.1 Å². The average Bonchev–Trinajstić information content (AvgIpc) is 3.10. The molecule has 0 saturated heterocycles. The van der Waals surface area contributed by atoms with Gasteiger partial charge in [-0.2, -0.15) is 13.2 Å². The number of fused-ring (bicyclic) bond motifs is 1. The number of thiophene rings is 1. The van der Waals surface area contributed by atoms with Crippen molar-refractivity contribution < 1.29 is 13.2 Å². The Morgan fingerprint density at radius 1 is 1.17 bits per heavy atom. The number of H-pyrrole nitrogens is 1. The van der Waals surface area contributed by atoms with Crippen molar-refractivity contribution >= 4 is 33.2 Å². The minimum atomic E-state index is -4.66. The Labute approximate surface area is 170 Å². The SMILES string of the molecule is O=c1[nH]c(Cn2cc(C(F)(F)F)cc(Cl)c2=O)nc2scc(-c3ccccc3)c12. The molecule has 148 valence electrons. The Morgan fingerprint density at radius 2 is 1.90 bits per heavy atom. The molecule has 0 aliphatic rings. The maximum Gasteiger partial charge on any atom is 0.417 e. The number of rotatable bonds is 3. The van der Waals surface area contributed by atoms with Crippen molar-refractivity contribution in [1.29, 1.82) is 0 Å². The highest BCUT2D eigenvalue weighted by Gasteiger charge is 2.32. The van der Waals surface area contributed by atoms with Gasteiger partial charge >= 0.3 is 6.18 Å². The highest BCUT2D eigenvalue weighted by atomic mass is 35.5. The summed E-state index contributed by atoms with van der Waals surface area (Å²) in [6.45, 7) is -0.355. The predicted octanol–water partition coefficient (Wildman–Crippen LogP) is 4.53. The summed E-state index contributed by atoms with van der Waals surface area (Å²) in [5.74, 6) is 0.0569. The van der Waals surface area contributed by atoms with Crippen molar-refractivity contribution in [2.75, 3.05) is 0 Å². The third-order valence-electron chi connectivity index (χ3n) is 4.27. The number of hydrogen-bond acceptors (Lipinski definition) is 4. The second-order valence-corrected chi connectivity index (χ2v) is 7.48. The Bertz CT molecular complexity index is 1330. The first-order valence-electron chi connectivity index (χ1n) is 8.27. The first kappa shape index (κ1) is 19.4. The number of aromatic nitrogens is 3. The second kappa shape index (κ2) is 7.16. The van der Waals surface area contributed by atoms with Gasteiger partial charge in [-0.25, -0.2) is 4.98 Å². The van der Waals surface area contributed by atoms with Crippen LogP contribution in [0.1, 0.15) is 11.4 Å². The van der Waals surface area contributed by atoms with Crippen LogP contribution in [0.3, 0.4) is 0 Å². The first-order valence-corrected chi connectivity index (χ1v) is 9.53. The molecule has 0 saturated carbocycles. The van der Waals surface area contributed by atoms with Gasteiger partial charge in [0.25, 0.3) is 11.1 Å². The molecule has 0 radical (unpaired) electrons. The Balaban J connectivity index is 1.79. The van der Waals surface area contributed by atoms with Crippen molar-refractivity contribution in [3.8, 4) is 11.1 Å². The predicted molar refractivity (Wildman–Crippen MR) is 105 cm³/mol. The zero-order chi connectivity index (χ0) is 20.8. The molecule has 4 rings (SSSR count). The van der Waals surface area contributed by atoms with Crippen LogP contribution in [0.4, 0.5) is 13.2 Å². The van der Waals surface area contributed by atoms with Crippen LogP contribution in [-0.2, 0) is 12.7 Å². The normalized spacial score (nSPS) is 11.9. The molecule has 4 aromatic rings. The molecule has 1 N–H and O–H groups in total. The molecule has 0 bridgehead atoms. The smallest absolute Gasteiger partial charge is 0.308 e. The van der Waals surface area contributed by atoms with Gasteiger partial charge in [-0.05, 0) is 11.6 Å². The van der Waals surface area contributed by atoms with Gasteiger partial charge < -0.3 is 9.55 Å². The van der Waals surface area contributed by atoms with Crippen LogP contribution in [0.5, 0.6) is 0 Å². The number of hydrogen-bond donors (Lipinski definition) is 1. The van der Waals surface area contributed by atoms with Gasteiger partial charge in [0, 0.05) is 17.1 Å². The van der Waals surface area contributed by atoms with E-state index in [-0.39, 0.29) is 12.4 Å². The van der Waals surface area contributed by atoms with E-state index < -0.39 is 27.9 Å². The molecule has 5 nitrogen and oxygen atoms in total. The Kier molecular flexibility index (Phi) is 4.79. The maximum atomic E-state index is 13.0. The van der Waals surface area contributed by atoms with Gasteiger partial charge in [0.05, 0.1) is 17.5 Å². The van der Waals surface area contributed by atoms with E-state index in [2.05, 4.69) is 9.97 Å². The quantitative estimate of drug-likeness (QED) is 0.512. The van der Waals surface area contributed by atoms with Crippen LogP contribution in [0.25, 0.3) is 21.3 Å². The average molecular weight is 438 g/mol. The number of nitrogens with one attached hydrogen (secondary N) is 1. The lowest BCUT2D eigenvalue weighted by molar-refractivity contribution is -0.138. The van der Waals surface area contributed by atoms with Crippen LogP contribution in [0.15, 0.2) is 57.6 Å². The molecular weight excluding hydrogens is 427 g/mol. The van der Waals surface area contributed by atoms with E-state index in [4.69, 9.17) is 11.6 Å². The van der Waals surface area contributed by atoms with Crippen LogP contribution in [0.2, 0.25) is 5.02 Å². The van der Waals surface area contributed by atoms with Gasteiger partial charge in [0.15, 0.2) is 0 Å². The van der Waals surface area contributed by atoms with E-state index in [9.17, 15) is 22.8 Å². The van der Waals surface area contributed by atoms with Crippen molar-refractivity contribution in [1.82, 2.24) is 14.5 Å². The molecule has 3 heterocycles. The van der Waals surface area contributed by atoms with Crippen molar-refractivity contribution in [3.05, 3.63) is 85.1 Å². The molecule has 0 amide bonds. The minimum absolute atomic E-state index is 0.0569. The zero-order valence-electron chi connectivity index (χ0n) is 14.5. The van der Waals surface area contributed by atoms with Crippen molar-refractivity contribution in [2.45, 2.75) is 12.7 Å². The van der Waals surface area contributed by atoms with E-state index in [1.54, 1.807) is 5.38 Å². The van der Waals surface area contributed by atoms with E-state index in [0.29, 0.717) is 28.0 Å². The molecule has 0 aliphatic carbocycles. The molecule has 10 heteroatoms. The summed E-state index contributed by atoms with van der Waals surface area (Å²) in [6.07, 6.45) is -4.01. The lowest BCUT2D eigenvalue weighted by Crippen LogP contribution is -2.25. The summed E-state index contributed by atoms with van der Waals surface area (Å²) < 4.78 is 39.8. The lowest BCUT2D eigenvalue weighted by atomic mass is 10.1. The van der Waals surface area contributed by atoms with Crippen LogP contribution in [0, 0.1) is 0 Å². The Hall–Kier alpha value is -2.91. The molecule has 1 aromatic carbocycles. The number of alkyl halides is 3. The summed E-state index contributed by atoms with van der Waals surface area (Å²) in [4.78, 5) is 32.1. The van der Waals surface area contributed by atoms with E-state index in [1.165, 1.54) is 11.3 Å². The molecule has 0 unspecified atom stereocenters. The molecule has 0 aliphatic heterocycles. The van der Waals surface area contributed by atoms with Gasteiger partial charge in [-0.15, -0.1) is 11.3 Å². The van der Waals surface area contributed by atoms with Gasteiger partial charge in [0.1, 0.15) is 15.7 Å². The standard InChI is InChI=1S/C19H11ClF3N3O2S/c20-13-6-11(19(21,22)23)7-26(18(13)28)8-14-24-16(27)15-12(9-29-17(15)25-14)10-4-2-1-3-5-10/h1-7,9H,8H2,(H,24,25,27). The van der Waals surface area contributed by atoms with Gasteiger partial charge in [-0.1, -0.05) is 41.9 Å². The van der Waals surface area contributed by atoms with Gasteiger partial charge in [-0.3, -0.25) is 9.59 Å². The summed E-state index contributed by atoms with van der Waals surface area (Å²) in [5, 5.41) is 1.62. The fourth-order valence-corrected chi connectivity index (χ4v) is 4.12. The Morgan fingerprint density at radius 3 is 2.59 bits per heavy atom. The van der Waals surface area contributed by atoms with E-state index in [1.807, 2.05) is 30.3 Å². The molecule has 0 fully saturated rings. The van der Waals surface area contributed by atoms with Crippen molar-refractivity contribution in [2.24, 2.45) is 0 Å². The largest absolute Gasteiger partial charge is 0.417 e.